The second kappa shape index (κ2) is 4.73. The highest BCUT2D eigenvalue weighted by Gasteiger charge is 2.35. The van der Waals surface area contributed by atoms with Crippen LogP contribution in [0.3, 0.4) is 0 Å². The SMILES string of the molecule is CCC1(CNC(=O)c2ccc(=O)[nH]c2)CCC1. The van der Waals surface area contributed by atoms with Crippen molar-refractivity contribution in [2.45, 2.75) is 32.6 Å². The van der Waals surface area contributed by atoms with Crippen molar-refractivity contribution in [1.29, 1.82) is 0 Å². The van der Waals surface area contributed by atoms with Crippen LogP contribution in [0.1, 0.15) is 43.0 Å². The summed E-state index contributed by atoms with van der Waals surface area (Å²) in [6.07, 6.45) is 6.24. The average molecular weight is 234 g/mol. The van der Waals surface area contributed by atoms with E-state index in [0.717, 1.165) is 13.0 Å². The van der Waals surface area contributed by atoms with Crippen molar-refractivity contribution in [3.8, 4) is 0 Å². The fourth-order valence-electron chi connectivity index (χ4n) is 2.25. The van der Waals surface area contributed by atoms with Crippen LogP contribution in [0, 0.1) is 5.41 Å². The third kappa shape index (κ3) is 2.57. The van der Waals surface area contributed by atoms with Crippen LogP contribution in [0.25, 0.3) is 0 Å². The van der Waals surface area contributed by atoms with E-state index >= 15 is 0 Å². The third-order valence-corrected chi connectivity index (χ3v) is 3.83. The van der Waals surface area contributed by atoms with Crippen molar-refractivity contribution < 1.29 is 4.79 Å². The molecule has 1 aromatic rings. The number of aromatic amines is 1. The van der Waals surface area contributed by atoms with Crippen molar-refractivity contribution in [1.82, 2.24) is 10.3 Å². The average Bonchev–Trinajstić information content (AvgIpc) is 2.29. The molecule has 2 N–H and O–H groups in total. The molecule has 0 radical (unpaired) electrons. The first-order valence-electron chi connectivity index (χ1n) is 6.12. The Morgan fingerprint density at radius 3 is 2.71 bits per heavy atom. The van der Waals surface area contributed by atoms with Crippen LogP contribution in [0.15, 0.2) is 23.1 Å². The monoisotopic (exact) mass is 234 g/mol. The molecule has 2 rings (SSSR count). The van der Waals surface area contributed by atoms with Gasteiger partial charge in [0.25, 0.3) is 5.91 Å². The Morgan fingerprint density at radius 1 is 1.47 bits per heavy atom. The van der Waals surface area contributed by atoms with E-state index < -0.39 is 0 Å². The summed E-state index contributed by atoms with van der Waals surface area (Å²) in [7, 11) is 0. The summed E-state index contributed by atoms with van der Waals surface area (Å²) in [4.78, 5) is 25.2. The predicted molar refractivity (Wildman–Crippen MR) is 66.0 cm³/mol. The van der Waals surface area contributed by atoms with Gasteiger partial charge in [-0.2, -0.15) is 0 Å². The van der Waals surface area contributed by atoms with E-state index in [1.54, 1.807) is 6.07 Å². The number of pyridine rings is 1. The van der Waals surface area contributed by atoms with Gasteiger partial charge in [-0.1, -0.05) is 13.3 Å². The number of aromatic nitrogens is 1. The molecule has 0 atom stereocenters. The van der Waals surface area contributed by atoms with Gasteiger partial charge in [-0.25, -0.2) is 0 Å². The molecule has 0 saturated heterocycles. The molecular weight excluding hydrogens is 216 g/mol. The lowest BCUT2D eigenvalue weighted by Crippen LogP contribution is -2.41. The number of amides is 1. The maximum Gasteiger partial charge on any atom is 0.252 e. The first kappa shape index (κ1) is 11.9. The van der Waals surface area contributed by atoms with Crippen LogP contribution in [0.2, 0.25) is 0 Å². The van der Waals surface area contributed by atoms with Gasteiger partial charge in [-0.3, -0.25) is 9.59 Å². The summed E-state index contributed by atoms with van der Waals surface area (Å²) < 4.78 is 0. The summed E-state index contributed by atoms with van der Waals surface area (Å²) in [6.45, 7) is 2.91. The lowest BCUT2D eigenvalue weighted by atomic mass is 9.67. The summed E-state index contributed by atoms with van der Waals surface area (Å²) in [5.74, 6) is -0.110. The van der Waals surface area contributed by atoms with Gasteiger partial charge in [0.05, 0.1) is 5.56 Å². The zero-order chi connectivity index (χ0) is 12.3. The molecular formula is C13H18N2O2. The van der Waals surface area contributed by atoms with Gasteiger partial charge < -0.3 is 10.3 Å². The Hall–Kier alpha value is -1.58. The zero-order valence-corrected chi connectivity index (χ0v) is 10.1. The maximum atomic E-state index is 11.8. The van der Waals surface area contributed by atoms with E-state index in [1.165, 1.54) is 31.5 Å². The highest BCUT2D eigenvalue weighted by Crippen LogP contribution is 2.43. The van der Waals surface area contributed by atoms with Crippen LogP contribution in [0.5, 0.6) is 0 Å². The predicted octanol–water partition coefficient (Wildman–Crippen LogP) is 1.69. The molecule has 0 unspecified atom stereocenters. The van der Waals surface area contributed by atoms with Gasteiger partial charge >= 0.3 is 0 Å². The van der Waals surface area contributed by atoms with Gasteiger partial charge in [0.1, 0.15) is 0 Å². The number of H-pyrrole nitrogens is 1. The minimum Gasteiger partial charge on any atom is -0.351 e. The molecule has 1 aromatic heterocycles. The van der Waals surface area contributed by atoms with Crippen LogP contribution in [-0.4, -0.2) is 17.4 Å². The molecule has 4 nitrogen and oxygen atoms in total. The van der Waals surface area contributed by atoms with Gasteiger partial charge in [0, 0.05) is 18.8 Å². The van der Waals surface area contributed by atoms with E-state index in [9.17, 15) is 9.59 Å². The fraction of sp³-hybridized carbons (Fsp3) is 0.538. The first-order valence-corrected chi connectivity index (χ1v) is 6.12. The lowest BCUT2D eigenvalue weighted by molar-refractivity contribution is 0.0849. The molecule has 1 amide bonds. The van der Waals surface area contributed by atoms with E-state index in [4.69, 9.17) is 0 Å². The van der Waals surface area contributed by atoms with Gasteiger partial charge in [0.2, 0.25) is 5.56 Å². The summed E-state index contributed by atoms with van der Waals surface area (Å²) in [5, 5.41) is 2.95. The second-order valence-electron chi connectivity index (χ2n) is 4.83. The Morgan fingerprint density at radius 2 is 2.24 bits per heavy atom. The van der Waals surface area contributed by atoms with Crippen molar-refractivity contribution in [2.24, 2.45) is 5.41 Å². The van der Waals surface area contributed by atoms with Crippen LogP contribution < -0.4 is 10.9 Å². The number of carbonyl (C=O) groups is 1. The fourth-order valence-corrected chi connectivity index (χ4v) is 2.25. The molecule has 4 heteroatoms. The van der Waals surface area contributed by atoms with Crippen molar-refractivity contribution >= 4 is 5.91 Å². The van der Waals surface area contributed by atoms with E-state index in [-0.39, 0.29) is 11.5 Å². The molecule has 0 aromatic carbocycles. The van der Waals surface area contributed by atoms with Gasteiger partial charge in [-0.05, 0) is 30.7 Å². The highest BCUT2D eigenvalue weighted by atomic mass is 16.1. The molecule has 92 valence electrons. The number of hydrogen-bond acceptors (Lipinski definition) is 2. The quantitative estimate of drug-likeness (QED) is 0.832. The number of rotatable bonds is 4. The Labute approximate surface area is 100 Å². The van der Waals surface area contributed by atoms with Crippen molar-refractivity contribution in [3.63, 3.8) is 0 Å². The van der Waals surface area contributed by atoms with Gasteiger partial charge in [0.15, 0.2) is 0 Å². The number of hydrogen-bond donors (Lipinski definition) is 2. The van der Waals surface area contributed by atoms with E-state index in [1.807, 2.05) is 0 Å². The number of carbonyl (C=O) groups excluding carboxylic acids is 1. The standard InChI is InChI=1S/C13H18N2O2/c1-2-13(6-3-7-13)9-15-12(17)10-4-5-11(16)14-8-10/h4-5,8H,2-3,6-7,9H2,1H3,(H,14,16)(H,15,17). The maximum absolute atomic E-state index is 11.8. The van der Waals surface area contributed by atoms with E-state index in [2.05, 4.69) is 17.2 Å². The molecule has 17 heavy (non-hydrogen) atoms. The molecule has 1 aliphatic rings. The molecule has 0 spiro atoms. The smallest absolute Gasteiger partial charge is 0.252 e. The topological polar surface area (TPSA) is 62.0 Å². The third-order valence-electron chi connectivity index (χ3n) is 3.83. The first-order chi connectivity index (χ1) is 8.15. The summed E-state index contributed by atoms with van der Waals surface area (Å²) >= 11 is 0. The molecule has 1 saturated carbocycles. The molecule has 1 aliphatic carbocycles. The zero-order valence-electron chi connectivity index (χ0n) is 10.1. The minimum absolute atomic E-state index is 0.110. The minimum atomic E-state index is -0.189. The highest BCUT2D eigenvalue weighted by molar-refractivity contribution is 5.93. The summed E-state index contributed by atoms with van der Waals surface area (Å²) in [6, 6.07) is 2.92. The molecule has 0 aliphatic heterocycles. The van der Waals surface area contributed by atoms with E-state index in [0.29, 0.717) is 11.0 Å². The Kier molecular flexibility index (Phi) is 3.31. The lowest BCUT2D eigenvalue weighted by Gasteiger charge is -2.41. The number of nitrogens with one attached hydrogen (secondary N) is 2. The molecule has 1 fully saturated rings. The van der Waals surface area contributed by atoms with Crippen LogP contribution >= 0.6 is 0 Å². The van der Waals surface area contributed by atoms with Gasteiger partial charge in [-0.15, -0.1) is 0 Å². The normalized spacial score (nSPS) is 17.2. The van der Waals surface area contributed by atoms with Crippen molar-refractivity contribution in [3.05, 3.63) is 34.2 Å². The molecule has 0 bridgehead atoms. The van der Waals surface area contributed by atoms with Crippen molar-refractivity contribution in [2.75, 3.05) is 6.54 Å². The summed E-state index contributed by atoms with van der Waals surface area (Å²) in [5.41, 5.74) is 0.637. The van der Waals surface area contributed by atoms with Crippen LogP contribution in [0.4, 0.5) is 0 Å². The second-order valence-corrected chi connectivity index (χ2v) is 4.83. The Balaban J connectivity index is 1.93. The van der Waals surface area contributed by atoms with Crippen LogP contribution in [-0.2, 0) is 0 Å². The Bertz CT molecular complexity index is 435. The largest absolute Gasteiger partial charge is 0.351 e. The molecule has 1 heterocycles.